The van der Waals surface area contributed by atoms with Gasteiger partial charge in [0.1, 0.15) is 0 Å². The minimum absolute atomic E-state index is 0.223. The third-order valence-corrected chi connectivity index (χ3v) is 2.26. The van der Waals surface area contributed by atoms with Gasteiger partial charge in [0.05, 0.1) is 23.8 Å². The van der Waals surface area contributed by atoms with Crippen molar-refractivity contribution in [2.24, 2.45) is 11.5 Å². The average molecular weight is 257 g/mol. The van der Waals surface area contributed by atoms with E-state index in [9.17, 15) is 9.59 Å². The summed E-state index contributed by atoms with van der Waals surface area (Å²) in [5.74, 6) is -1.17. The van der Waals surface area contributed by atoms with Gasteiger partial charge in [0.2, 0.25) is 11.8 Å². The molecule has 7 heteroatoms. The lowest BCUT2D eigenvalue weighted by atomic mass is 10.2. The van der Waals surface area contributed by atoms with Gasteiger partial charge in [-0.1, -0.05) is 11.6 Å². The van der Waals surface area contributed by atoms with E-state index in [4.69, 9.17) is 28.8 Å². The molecule has 0 radical (unpaired) electrons. The number of hydrogen-bond acceptors (Lipinski definition) is 4. The number of nitrogen functional groups attached to an aromatic ring is 1. The van der Waals surface area contributed by atoms with E-state index in [1.54, 1.807) is 12.1 Å². The summed E-state index contributed by atoms with van der Waals surface area (Å²) in [7, 11) is 0. The summed E-state index contributed by atoms with van der Waals surface area (Å²) in [5.41, 5.74) is 16.7. The molecule has 6 nitrogen and oxygen atoms in total. The molecule has 0 aromatic heterocycles. The summed E-state index contributed by atoms with van der Waals surface area (Å²) in [6.45, 7) is 0. The van der Waals surface area contributed by atoms with E-state index < -0.39 is 17.9 Å². The molecule has 1 aromatic carbocycles. The highest BCUT2D eigenvalue weighted by Gasteiger charge is 2.16. The lowest BCUT2D eigenvalue weighted by Gasteiger charge is -2.12. The lowest BCUT2D eigenvalue weighted by Crippen LogP contribution is -2.39. The van der Waals surface area contributed by atoms with E-state index in [2.05, 4.69) is 5.32 Å². The number of anilines is 2. The molecular weight excluding hydrogens is 244 g/mol. The number of primary amides is 1. The zero-order valence-electron chi connectivity index (χ0n) is 8.94. The van der Waals surface area contributed by atoms with Crippen molar-refractivity contribution in [3.8, 4) is 0 Å². The maximum Gasteiger partial charge on any atom is 0.241 e. The summed E-state index contributed by atoms with van der Waals surface area (Å²) in [4.78, 5) is 22.2. The van der Waals surface area contributed by atoms with E-state index in [1.165, 1.54) is 6.07 Å². The van der Waals surface area contributed by atoms with E-state index in [0.29, 0.717) is 16.4 Å². The predicted molar refractivity (Wildman–Crippen MR) is 66.3 cm³/mol. The molecule has 0 saturated heterocycles. The molecular formula is C10H13ClN4O2. The van der Waals surface area contributed by atoms with Crippen molar-refractivity contribution in [3.63, 3.8) is 0 Å². The van der Waals surface area contributed by atoms with Crippen LogP contribution in [0.5, 0.6) is 0 Å². The highest BCUT2D eigenvalue weighted by Crippen LogP contribution is 2.22. The molecule has 1 aromatic rings. The van der Waals surface area contributed by atoms with E-state index in [0.717, 1.165) is 0 Å². The lowest BCUT2D eigenvalue weighted by molar-refractivity contribution is -0.123. The summed E-state index contributed by atoms with van der Waals surface area (Å²) in [6.07, 6.45) is -0.223. The predicted octanol–water partition coefficient (Wildman–Crippen LogP) is 0.0634. The molecule has 0 aliphatic rings. The van der Waals surface area contributed by atoms with Crippen LogP contribution < -0.4 is 22.5 Å². The zero-order chi connectivity index (χ0) is 13.0. The van der Waals surface area contributed by atoms with Crippen molar-refractivity contribution in [2.45, 2.75) is 12.5 Å². The molecule has 0 fully saturated rings. The number of amides is 2. The molecule has 7 N–H and O–H groups in total. The first-order valence-electron chi connectivity index (χ1n) is 4.80. The van der Waals surface area contributed by atoms with Gasteiger partial charge in [-0.2, -0.15) is 0 Å². The Bertz CT molecular complexity index is 450. The van der Waals surface area contributed by atoms with Crippen LogP contribution >= 0.6 is 11.6 Å². The minimum Gasteiger partial charge on any atom is -0.397 e. The SMILES string of the molecule is NC(=O)C[C@H](N)C(=O)Nc1ccc(Cl)cc1N. The molecule has 1 atom stereocenters. The Hall–Kier alpha value is -1.79. The molecule has 0 aliphatic heterocycles. The second kappa shape index (κ2) is 5.51. The smallest absolute Gasteiger partial charge is 0.241 e. The van der Waals surface area contributed by atoms with Gasteiger partial charge in [-0.05, 0) is 18.2 Å². The molecule has 0 spiro atoms. The average Bonchev–Trinajstić information content (AvgIpc) is 2.21. The van der Waals surface area contributed by atoms with Gasteiger partial charge in [0.25, 0.3) is 0 Å². The quantitative estimate of drug-likeness (QED) is 0.569. The normalized spacial score (nSPS) is 11.9. The van der Waals surface area contributed by atoms with Crippen molar-refractivity contribution < 1.29 is 9.59 Å². The Morgan fingerprint density at radius 3 is 2.59 bits per heavy atom. The molecule has 2 amide bonds. The van der Waals surface area contributed by atoms with Gasteiger partial charge in [-0.25, -0.2) is 0 Å². The number of halogens is 1. The van der Waals surface area contributed by atoms with Crippen molar-refractivity contribution in [3.05, 3.63) is 23.2 Å². The second-order valence-corrected chi connectivity index (χ2v) is 3.93. The molecule has 0 aliphatic carbocycles. The van der Waals surface area contributed by atoms with Crippen LogP contribution in [-0.4, -0.2) is 17.9 Å². The Balaban J connectivity index is 2.71. The first-order chi connectivity index (χ1) is 7.90. The first-order valence-corrected chi connectivity index (χ1v) is 5.17. The highest BCUT2D eigenvalue weighted by molar-refractivity contribution is 6.31. The summed E-state index contributed by atoms with van der Waals surface area (Å²) in [6, 6.07) is 3.62. The Morgan fingerprint density at radius 2 is 2.06 bits per heavy atom. The van der Waals surface area contributed by atoms with E-state index >= 15 is 0 Å². The molecule has 17 heavy (non-hydrogen) atoms. The van der Waals surface area contributed by atoms with Crippen LogP contribution in [-0.2, 0) is 9.59 Å². The van der Waals surface area contributed by atoms with E-state index in [1.807, 2.05) is 0 Å². The molecule has 92 valence electrons. The van der Waals surface area contributed by atoms with Crippen LogP contribution in [0.25, 0.3) is 0 Å². The fourth-order valence-electron chi connectivity index (χ4n) is 1.18. The number of rotatable bonds is 4. The maximum absolute atomic E-state index is 11.6. The minimum atomic E-state index is -0.998. The molecule has 1 rings (SSSR count). The number of nitrogens with two attached hydrogens (primary N) is 3. The topological polar surface area (TPSA) is 124 Å². The number of hydrogen-bond donors (Lipinski definition) is 4. The first kappa shape index (κ1) is 13.3. The number of carbonyl (C=O) groups excluding carboxylic acids is 2. The van der Waals surface area contributed by atoms with Gasteiger partial charge in [0, 0.05) is 5.02 Å². The summed E-state index contributed by atoms with van der Waals surface area (Å²) >= 11 is 5.71. The number of carbonyl (C=O) groups is 2. The fourth-order valence-corrected chi connectivity index (χ4v) is 1.36. The van der Waals surface area contributed by atoms with Crippen LogP contribution in [0.4, 0.5) is 11.4 Å². The third-order valence-electron chi connectivity index (χ3n) is 2.03. The van der Waals surface area contributed by atoms with Crippen LogP contribution in [0.15, 0.2) is 18.2 Å². The molecule has 0 unspecified atom stereocenters. The molecule has 0 saturated carbocycles. The summed E-state index contributed by atoms with van der Waals surface area (Å²) in [5, 5.41) is 2.95. The number of nitrogens with one attached hydrogen (secondary N) is 1. The Kier molecular flexibility index (Phi) is 4.30. The van der Waals surface area contributed by atoms with Crippen molar-refractivity contribution in [2.75, 3.05) is 11.1 Å². The largest absolute Gasteiger partial charge is 0.397 e. The zero-order valence-corrected chi connectivity index (χ0v) is 9.70. The molecule has 0 heterocycles. The highest BCUT2D eigenvalue weighted by atomic mass is 35.5. The fraction of sp³-hybridized carbons (Fsp3) is 0.200. The third kappa shape index (κ3) is 3.93. The van der Waals surface area contributed by atoms with Crippen molar-refractivity contribution >= 4 is 34.8 Å². The summed E-state index contributed by atoms with van der Waals surface area (Å²) < 4.78 is 0. The second-order valence-electron chi connectivity index (χ2n) is 3.50. The van der Waals surface area contributed by atoms with Crippen LogP contribution in [0.2, 0.25) is 5.02 Å². The van der Waals surface area contributed by atoms with Crippen LogP contribution in [0, 0.1) is 0 Å². The molecule has 0 bridgehead atoms. The Morgan fingerprint density at radius 1 is 1.41 bits per heavy atom. The van der Waals surface area contributed by atoms with Crippen LogP contribution in [0.3, 0.4) is 0 Å². The van der Waals surface area contributed by atoms with Gasteiger partial charge >= 0.3 is 0 Å². The maximum atomic E-state index is 11.6. The van der Waals surface area contributed by atoms with Crippen molar-refractivity contribution in [1.82, 2.24) is 0 Å². The van der Waals surface area contributed by atoms with Crippen molar-refractivity contribution in [1.29, 1.82) is 0 Å². The van der Waals surface area contributed by atoms with Gasteiger partial charge in [-0.15, -0.1) is 0 Å². The standard InChI is InChI=1S/C10H13ClN4O2/c11-5-1-2-8(6(12)3-5)15-10(17)7(13)4-9(14)16/h1-3,7H,4,12-13H2,(H2,14,16)(H,15,17)/t7-/m0/s1. The van der Waals surface area contributed by atoms with Crippen LogP contribution in [0.1, 0.15) is 6.42 Å². The van der Waals surface area contributed by atoms with Gasteiger partial charge in [0.15, 0.2) is 0 Å². The number of benzene rings is 1. The van der Waals surface area contributed by atoms with Gasteiger partial charge < -0.3 is 22.5 Å². The Labute approximate surface area is 103 Å². The van der Waals surface area contributed by atoms with Gasteiger partial charge in [-0.3, -0.25) is 9.59 Å². The monoisotopic (exact) mass is 256 g/mol. The van der Waals surface area contributed by atoms with E-state index in [-0.39, 0.29) is 6.42 Å².